The molecule has 1 aromatic rings. The third-order valence-electron chi connectivity index (χ3n) is 2.57. The van der Waals surface area contributed by atoms with Gasteiger partial charge in [0, 0.05) is 11.6 Å². The Labute approximate surface area is 95.2 Å². The van der Waals surface area contributed by atoms with Gasteiger partial charge in [0.05, 0.1) is 0 Å². The number of halogens is 2. The van der Waals surface area contributed by atoms with Crippen LogP contribution >= 0.6 is 0 Å². The van der Waals surface area contributed by atoms with Crippen LogP contribution in [0.15, 0.2) is 30.4 Å². The molecule has 0 heterocycles. The summed E-state index contributed by atoms with van der Waals surface area (Å²) in [5.74, 6) is -1.56. The van der Waals surface area contributed by atoms with Gasteiger partial charge < -0.3 is 5.32 Å². The standard InChI is InChI=1S/C13H17F2N/c1-9(2)7-8-12(16-3)10-5-4-6-11(14)13(10)15/h4-6,12,16H,1,7-8H2,2-3H3. The number of hydrogen-bond donors (Lipinski definition) is 1. The van der Waals surface area contributed by atoms with Crippen molar-refractivity contribution in [2.75, 3.05) is 7.05 Å². The lowest BCUT2D eigenvalue weighted by molar-refractivity contribution is 0.463. The Hall–Kier alpha value is -1.22. The summed E-state index contributed by atoms with van der Waals surface area (Å²) in [5, 5.41) is 2.99. The number of rotatable bonds is 5. The summed E-state index contributed by atoms with van der Waals surface area (Å²) in [7, 11) is 1.74. The Balaban J connectivity index is 2.86. The minimum Gasteiger partial charge on any atom is -0.313 e. The van der Waals surface area contributed by atoms with E-state index in [1.54, 1.807) is 13.1 Å². The quantitative estimate of drug-likeness (QED) is 0.755. The summed E-state index contributed by atoms with van der Waals surface area (Å²) < 4.78 is 26.6. The van der Waals surface area contributed by atoms with Crippen LogP contribution in [0, 0.1) is 11.6 Å². The zero-order valence-corrected chi connectivity index (χ0v) is 9.69. The van der Waals surface area contributed by atoms with Crippen molar-refractivity contribution in [3.8, 4) is 0 Å². The van der Waals surface area contributed by atoms with Crippen molar-refractivity contribution in [2.24, 2.45) is 0 Å². The monoisotopic (exact) mass is 225 g/mol. The lowest BCUT2D eigenvalue weighted by Crippen LogP contribution is -2.18. The fraction of sp³-hybridized carbons (Fsp3) is 0.385. The minimum absolute atomic E-state index is 0.174. The Morgan fingerprint density at radius 1 is 1.44 bits per heavy atom. The molecule has 0 saturated carbocycles. The molecule has 1 rings (SSSR count). The largest absolute Gasteiger partial charge is 0.313 e. The molecule has 0 aliphatic heterocycles. The second-order valence-electron chi connectivity index (χ2n) is 3.98. The summed E-state index contributed by atoms with van der Waals surface area (Å²) in [5.41, 5.74) is 1.42. The second-order valence-corrected chi connectivity index (χ2v) is 3.98. The van der Waals surface area contributed by atoms with Gasteiger partial charge in [-0.2, -0.15) is 0 Å². The minimum atomic E-state index is -0.798. The molecule has 0 spiro atoms. The molecule has 0 aliphatic rings. The van der Waals surface area contributed by atoms with Crippen LogP contribution in [0.2, 0.25) is 0 Å². The maximum atomic E-state index is 13.5. The first-order valence-electron chi connectivity index (χ1n) is 5.31. The molecule has 0 amide bonds. The van der Waals surface area contributed by atoms with Gasteiger partial charge in [-0.1, -0.05) is 17.7 Å². The molecule has 0 bridgehead atoms. The lowest BCUT2D eigenvalue weighted by atomic mass is 9.99. The van der Waals surface area contributed by atoms with Gasteiger partial charge in [0.25, 0.3) is 0 Å². The SMILES string of the molecule is C=C(C)CCC(NC)c1cccc(F)c1F. The second kappa shape index (κ2) is 5.75. The van der Waals surface area contributed by atoms with Crippen molar-refractivity contribution in [3.63, 3.8) is 0 Å². The lowest BCUT2D eigenvalue weighted by Gasteiger charge is -2.17. The number of allylic oxidation sites excluding steroid dienone is 1. The Kier molecular flexibility index (Phi) is 4.62. The van der Waals surface area contributed by atoms with Crippen molar-refractivity contribution in [3.05, 3.63) is 47.5 Å². The highest BCUT2D eigenvalue weighted by Gasteiger charge is 2.16. The van der Waals surface area contributed by atoms with Gasteiger partial charge in [0.15, 0.2) is 11.6 Å². The Bertz CT molecular complexity index is 374. The summed E-state index contributed by atoms with van der Waals surface area (Å²) in [6, 6.07) is 4.09. The van der Waals surface area contributed by atoms with E-state index in [4.69, 9.17) is 0 Å². The van der Waals surface area contributed by atoms with Crippen LogP contribution in [0.25, 0.3) is 0 Å². The molecule has 0 fully saturated rings. The van der Waals surface area contributed by atoms with Crippen LogP contribution in [-0.2, 0) is 0 Å². The van der Waals surface area contributed by atoms with Crippen molar-refractivity contribution in [1.82, 2.24) is 5.32 Å². The highest BCUT2D eigenvalue weighted by Crippen LogP contribution is 2.23. The van der Waals surface area contributed by atoms with Crippen LogP contribution in [0.4, 0.5) is 8.78 Å². The Morgan fingerprint density at radius 3 is 2.69 bits per heavy atom. The van der Waals surface area contributed by atoms with E-state index in [-0.39, 0.29) is 6.04 Å². The molecule has 3 heteroatoms. The topological polar surface area (TPSA) is 12.0 Å². The molecule has 1 aromatic carbocycles. The van der Waals surface area contributed by atoms with Gasteiger partial charge in [0.2, 0.25) is 0 Å². The van der Waals surface area contributed by atoms with Gasteiger partial charge in [-0.25, -0.2) is 8.78 Å². The van der Waals surface area contributed by atoms with Gasteiger partial charge in [-0.05, 0) is 32.9 Å². The van der Waals surface area contributed by atoms with E-state index in [2.05, 4.69) is 11.9 Å². The van der Waals surface area contributed by atoms with Gasteiger partial charge in [0.1, 0.15) is 0 Å². The number of nitrogens with one attached hydrogen (secondary N) is 1. The molecule has 1 nitrogen and oxygen atoms in total. The van der Waals surface area contributed by atoms with E-state index in [1.165, 1.54) is 6.07 Å². The molecule has 0 aromatic heterocycles. The first kappa shape index (κ1) is 12.8. The zero-order chi connectivity index (χ0) is 12.1. The average Bonchev–Trinajstić information content (AvgIpc) is 2.24. The van der Waals surface area contributed by atoms with Crippen molar-refractivity contribution >= 4 is 0 Å². The highest BCUT2D eigenvalue weighted by atomic mass is 19.2. The number of hydrogen-bond acceptors (Lipinski definition) is 1. The van der Waals surface area contributed by atoms with E-state index in [9.17, 15) is 8.78 Å². The van der Waals surface area contributed by atoms with Crippen molar-refractivity contribution in [2.45, 2.75) is 25.8 Å². The van der Waals surface area contributed by atoms with Crippen LogP contribution in [-0.4, -0.2) is 7.05 Å². The van der Waals surface area contributed by atoms with E-state index < -0.39 is 11.6 Å². The fourth-order valence-electron chi connectivity index (χ4n) is 1.64. The van der Waals surface area contributed by atoms with Crippen LogP contribution < -0.4 is 5.32 Å². The molecule has 0 aliphatic carbocycles. The normalized spacial score (nSPS) is 12.5. The maximum absolute atomic E-state index is 13.5. The van der Waals surface area contributed by atoms with Gasteiger partial charge in [-0.15, -0.1) is 6.58 Å². The fourth-order valence-corrected chi connectivity index (χ4v) is 1.64. The van der Waals surface area contributed by atoms with E-state index in [1.807, 2.05) is 6.92 Å². The van der Waals surface area contributed by atoms with Crippen molar-refractivity contribution in [1.29, 1.82) is 0 Å². The molecule has 0 radical (unpaired) electrons. The molecule has 16 heavy (non-hydrogen) atoms. The van der Waals surface area contributed by atoms with E-state index in [0.29, 0.717) is 12.0 Å². The smallest absolute Gasteiger partial charge is 0.163 e. The first-order chi connectivity index (χ1) is 7.56. The Morgan fingerprint density at radius 2 is 2.12 bits per heavy atom. The molecular weight excluding hydrogens is 208 g/mol. The number of benzene rings is 1. The third kappa shape index (κ3) is 3.14. The molecule has 88 valence electrons. The van der Waals surface area contributed by atoms with Crippen molar-refractivity contribution < 1.29 is 8.78 Å². The summed E-state index contributed by atoms with van der Waals surface area (Å²) >= 11 is 0. The molecule has 1 unspecified atom stereocenters. The van der Waals surface area contributed by atoms with Gasteiger partial charge in [-0.3, -0.25) is 0 Å². The van der Waals surface area contributed by atoms with Crippen LogP contribution in [0.5, 0.6) is 0 Å². The zero-order valence-electron chi connectivity index (χ0n) is 9.69. The molecule has 1 atom stereocenters. The molecular formula is C13H17F2N. The predicted octanol–water partition coefficient (Wildman–Crippen LogP) is 3.58. The highest BCUT2D eigenvalue weighted by molar-refractivity contribution is 5.22. The summed E-state index contributed by atoms with van der Waals surface area (Å²) in [4.78, 5) is 0. The third-order valence-corrected chi connectivity index (χ3v) is 2.57. The predicted molar refractivity (Wildman–Crippen MR) is 62.2 cm³/mol. The first-order valence-corrected chi connectivity index (χ1v) is 5.31. The van der Waals surface area contributed by atoms with E-state index >= 15 is 0 Å². The van der Waals surface area contributed by atoms with E-state index in [0.717, 1.165) is 18.1 Å². The van der Waals surface area contributed by atoms with Crippen LogP contribution in [0.3, 0.4) is 0 Å². The maximum Gasteiger partial charge on any atom is 0.163 e. The summed E-state index contributed by atoms with van der Waals surface area (Å²) in [6.07, 6.45) is 1.51. The summed E-state index contributed by atoms with van der Waals surface area (Å²) in [6.45, 7) is 5.72. The molecule has 1 N–H and O–H groups in total. The van der Waals surface area contributed by atoms with Crippen LogP contribution in [0.1, 0.15) is 31.4 Å². The average molecular weight is 225 g/mol. The molecule has 0 saturated heterocycles. The van der Waals surface area contributed by atoms with Gasteiger partial charge >= 0.3 is 0 Å².